The zero-order valence-electron chi connectivity index (χ0n) is 14.6. The number of carbonyl (C=O) groups excluding carboxylic acids is 2. The molecule has 1 heterocycles. The van der Waals surface area contributed by atoms with Crippen LogP contribution in [-0.2, 0) is 9.59 Å². The molecule has 2 aromatic rings. The van der Waals surface area contributed by atoms with Crippen LogP contribution in [0.4, 0.5) is 11.4 Å². The van der Waals surface area contributed by atoms with Crippen LogP contribution in [-0.4, -0.2) is 11.8 Å². The fraction of sp³-hybridized carbons (Fsp3) is 0.200. The molecule has 6 heteroatoms. The minimum atomic E-state index is -0.545. The smallest absolute Gasteiger partial charge is 0.283 e. The van der Waals surface area contributed by atoms with Crippen molar-refractivity contribution in [2.45, 2.75) is 26.7 Å². The summed E-state index contributed by atoms with van der Waals surface area (Å²) in [6.07, 6.45) is 0. The summed E-state index contributed by atoms with van der Waals surface area (Å²) >= 11 is 12.3. The maximum absolute atomic E-state index is 12.8. The predicted molar refractivity (Wildman–Crippen MR) is 106 cm³/mol. The molecule has 2 amide bonds. The lowest BCUT2D eigenvalue weighted by Gasteiger charge is -2.16. The molecule has 0 unspecified atom stereocenters. The van der Waals surface area contributed by atoms with Gasteiger partial charge in [-0.05, 0) is 48.2 Å². The van der Waals surface area contributed by atoms with Crippen LogP contribution in [0.25, 0.3) is 0 Å². The maximum Gasteiger partial charge on any atom is 0.283 e. The first-order valence-corrected chi connectivity index (χ1v) is 8.97. The second-order valence-electron chi connectivity index (χ2n) is 6.42. The fourth-order valence-corrected chi connectivity index (χ4v) is 3.12. The number of rotatable bonds is 4. The molecule has 0 bridgehead atoms. The van der Waals surface area contributed by atoms with E-state index < -0.39 is 11.8 Å². The molecule has 0 saturated heterocycles. The van der Waals surface area contributed by atoms with Crippen molar-refractivity contribution in [3.8, 4) is 0 Å². The number of hydrogen-bond acceptors (Lipinski definition) is 3. The van der Waals surface area contributed by atoms with Gasteiger partial charge >= 0.3 is 0 Å². The van der Waals surface area contributed by atoms with Gasteiger partial charge in [-0.15, -0.1) is 0 Å². The molecule has 26 heavy (non-hydrogen) atoms. The molecule has 2 aromatic carbocycles. The van der Waals surface area contributed by atoms with E-state index in [1.54, 1.807) is 30.3 Å². The van der Waals surface area contributed by atoms with Crippen LogP contribution < -0.4 is 10.2 Å². The van der Waals surface area contributed by atoms with E-state index in [9.17, 15) is 9.59 Å². The summed E-state index contributed by atoms with van der Waals surface area (Å²) in [7, 11) is 0. The molecule has 0 aromatic heterocycles. The molecular formula is C20H18Cl2N2O2. The summed E-state index contributed by atoms with van der Waals surface area (Å²) in [6.45, 7) is 5.98. The third-order valence-corrected chi connectivity index (χ3v) is 5.13. The molecule has 1 aliphatic heterocycles. The van der Waals surface area contributed by atoms with E-state index >= 15 is 0 Å². The summed E-state index contributed by atoms with van der Waals surface area (Å²) in [5.41, 5.74) is 3.06. The molecule has 134 valence electrons. The Kier molecular flexibility index (Phi) is 5.08. The summed E-state index contributed by atoms with van der Waals surface area (Å²) in [5, 5.41) is 3.38. The molecule has 4 nitrogen and oxygen atoms in total. The highest BCUT2D eigenvalue weighted by Crippen LogP contribution is 2.32. The summed E-state index contributed by atoms with van der Waals surface area (Å²) in [5.74, 6) is -0.674. The van der Waals surface area contributed by atoms with E-state index in [4.69, 9.17) is 23.2 Å². The van der Waals surface area contributed by atoms with Crippen molar-refractivity contribution in [1.82, 2.24) is 0 Å². The monoisotopic (exact) mass is 388 g/mol. The highest BCUT2D eigenvalue weighted by molar-refractivity contribution is 6.53. The van der Waals surface area contributed by atoms with Crippen molar-refractivity contribution in [2.24, 2.45) is 0 Å². The third kappa shape index (κ3) is 3.22. The van der Waals surface area contributed by atoms with E-state index in [0.717, 1.165) is 16.0 Å². The standard InChI is InChI=1S/C20H18Cl2N2O2/c1-11(2)13-7-9-14(10-8-13)24-19(25)17(22)18(20(24)26)23-16-6-4-5-15(21)12(16)3/h4-11,23H,1-3H3. The Morgan fingerprint density at radius 1 is 0.962 bits per heavy atom. The molecule has 0 saturated carbocycles. The Morgan fingerprint density at radius 2 is 1.62 bits per heavy atom. The molecule has 0 radical (unpaired) electrons. The van der Waals surface area contributed by atoms with Crippen molar-refractivity contribution in [3.63, 3.8) is 0 Å². The zero-order valence-corrected chi connectivity index (χ0v) is 16.2. The van der Waals surface area contributed by atoms with E-state index in [0.29, 0.717) is 22.3 Å². The Hall–Kier alpha value is -2.30. The van der Waals surface area contributed by atoms with Crippen LogP contribution in [0.3, 0.4) is 0 Å². The molecule has 0 atom stereocenters. The first-order valence-electron chi connectivity index (χ1n) is 8.22. The van der Waals surface area contributed by atoms with Crippen LogP contribution in [0.15, 0.2) is 53.2 Å². The summed E-state index contributed by atoms with van der Waals surface area (Å²) in [4.78, 5) is 26.4. The largest absolute Gasteiger partial charge is 0.349 e. The molecule has 0 aliphatic carbocycles. The van der Waals surface area contributed by atoms with E-state index in [1.807, 2.05) is 19.1 Å². The predicted octanol–water partition coefficient (Wildman–Crippen LogP) is 5.21. The van der Waals surface area contributed by atoms with Crippen LogP contribution in [0.2, 0.25) is 5.02 Å². The maximum atomic E-state index is 12.8. The number of benzene rings is 2. The number of carbonyl (C=O) groups is 2. The second-order valence-corrected chi connectivity index (χ2v) is 7.20. The molecular weight excluding hydrogens is 371 g/mol. The average Bonchev–Trinajstić information content (AvgIpc) is 2.82. The highest BCUT2D eigenvalue weighted by atomic mass is 35.5. The van der Waals surface area contributed by atoms with Gasteiger partial charge in [0, 0.05) is 10.7 Å². The fourth-order valence-electron chi connectivity index (χ4n) is 2.73. The molecule has 0 fully saturated rings. The Balaban J connectivity index is 1.91. The summed E-state index contributed by atoms with van der Waals surface area (Å²) in [6, 6.07) is 12.6. The van der Waals surface area contributed by atoms with Crippen molar-refractivity contribution in [3.05, 3.63) is 69.3 Å². The minimum absolute atomic E-state index is 0.0509. The lowest BCUT2D eigenvalue weighted by Crippen LogP contribution is -2.32. The van der Waals surface area contributed by atoms with Crippen LogP contribution in [0, 0.1) is 6.92 Å². The van der Waals surface area contributed by atoms with Gasteiger partial charge in [0.2, 0.25) is 0 Å². The molecule has 1 aliphatic rings. The SMILES string of the molecule is Cc1c(Cl)cccc1NC1=C(Cl)C(=O)N(c2ccc(C(C)C)cc2)C1=O. The van der Waals surface area contributed by atoms with Gasteiger partial charge in [-0.25, -0.2) is 4.90 Å². The quantitative estimate of drug-likeness (QED) is 0.731. The number of imide groups is 1. The second kappa shape index (κ2) is 7.14. The Bertz CT molecular complexity index is 918. The van der Waals surface area contributed by atoms with E-state index in [1.165, 1.54) is 0 Å². The van der Waals surface area contributed by atoms with Crippen molar-refractivity contribution < 1.29 is 9.59 Å². The summed E-state index contributed by atoms with van der Waals surface area (Å²) < 4.78 is 0. The minimum Gasteiger partial charge on any atom is -0.349 e. The molecule has 0 spiro atoms. The lowest BCUT2D eigenvalue weighted by atomic mass is 10.0. The number of anilines is 2. The lowest BCUT2D eigenvalue weighted by molar-refractivity contribution is -0.120. The van der Waals surface area contributed by atoms with Crippen LogP contribution in [0.5, 0.6) is 0 Å². The zero-order chi connectivity index (χ0) is 19.0. The van der Waals surface area contributed by atoms with Gasteiger partial charge in [0.25, 0.3) is 11.8 Å². The van der Waals surface area contributed by atoms with Crippen molar-refractivity contribution in [1.29, 1.82) is 0 Å². The van der Waals surface area contributed by atoms with Gasteiger partial charge in [-0.3, -0.25) is 9.59 Å². The number of halogens is 2. The van der Waals surface area contributed by atoms with Crippen molar-refractivity contribution in [2.75, 3.05) is 10.2 Å². The van der Waals surface area contributed by atoms with Crippen molar-refractivity contribution >= 4 is 46.4 Å². The number of hydrogen-bond donors (Lipinski definition) is 1. The van der Waals surface area contributed by atoms with Crippen LogP contribution >= 0.6 is 23.2 Å². The Labute approximate surface area is 162 Å². The first-order chi connectivity index (χ1) is 12.3. The van der Waals surface area contributed by atoms with E-state index in [-0.39, 0.29) is 10.7 Å². The van der Waals surface area contributed by atoms with Gasteiger partial charge in [0.15, 0.2) is 0 Å². The topological polar surface area (TPSA) is 49.4 Å². The van der Waals surface area contributed by atoms with Gasteiger partial charge in [0.1, 0.15) is 10.7 Å². The number of nitrogens with zero attached hydrogens (tertiary/aromatic N) is 1. The molecule has 3 rings (SSSR count). The first kappa shape index (κ1) is 18.5. The van der Waals surface area contributed by atoms with Gasteiger partial charge in [-0.1, -0.05) is 55.2 Å². The number of nitrogens with one attached hydrogen (secondary N) is 1. The van der Waals surface area contributed by atoms with Gasteiger partial charge in [0.05, 0.1) is 5.69 Å². The normalized spacial score (nSPS) is 14.6. The average molecular weight is 389 g/mol. The Morgan fingerprint density at radius 3 is 2.23 bits per heavy atom. The third-order valence-electron chi connectivity index (χ3n) is 4.37. The van der Waals surface area contributed by atoms with E-state index in [2.05, 4.69) is 19.2 Å². The number of amides is 2. The molecule has 1 N–H and O–H groups in total. The van der Waals surface area contributed by atoms with Gasteiger partial charge in [-0.2, -0.15) is 0 Å². The van der Waals surface area contributed by atoms with Crippen LogP contribution in [0.1, 0.15) is 30.9 Å². The highest BCUT2D eigenvalue weighted by Gasteiger charge is 2.39. The van der Waals surface area contributed by atoms with Gasteiger partial charge < -0.3 is 5.32 Å².